The molecule has 0 bridgehead atoms. The molecule has 138 valence electrons. The minimum atomic E-state index is 0.110. The molecule has 0 fully saturated rings. The maximum absolute atomic E-state index is 2.39. The van der Waals surface area contributed by atoms with Crippen LogP contribution in [0.3, 0.4) is 0 Å². The molecular weight excluding hydrogens is 324 g/mol. The SMILES string of the molecule is CC(C)(C)C(=c1ccc2c(c1C1=CC=CC1)C=c1ccccc1=2)C(C)(C)C. The number of fused-ring (bicyclic) bond motifs is 2. The highest BCUT2D eigenvalue weighted by molar-refractivity contribution is 5.81. The Morgan fingerprint density at radius 2 is 1.52 bits per heavy atom. The molecule has 0 radical (unpaired) electrons. The molecule has 2 aliphatic carbocycles. The zero-order valence-corrected chi connectivity index (χ0v) is 17.5. The molecule has 2 aromatic rings. The summed E-state index contributed by atoms with van der Waals surface area (Å²) in [6.45, 7) is 14.1. The molecule has 0 saturated carbocycles. The van der Waals surface area contributed by atoms with Crippen molar-refractivity contribution in [2.24, 2.45) is 10.8 Å². The van der Waals surface area contributed by atoms with E-state index in [1.807, 2.05) is 0 Å². The molecule has 0 heterocycles. The van der Waals surface area contributed by atoms with Gasteiger partial charge in [0.15, 0.2) is 0 Å². The van der Waals surface area contributed by atoms with Crippen LogP contribution in [0.2, 0.25) is 0 Å². The monoisotopic (exact) mass is 354 g/mol. The van der Waals surface area contributed by atoms with E-state index in [0.717, 1.165) is 6.42 Å². The summed E-state index contributed by atoms with van der Waals surface area (Å²) in [4.78, 5) is 0. The number of rotatable bonds is 1. The fraction of sp³-hybridized carbons (Fsp3) is 0.333. The van der Waals surface area contributed by atoms with Crippen molar-refractivity contribution in [1.82, 2.24) is 0 Å². The van der Waals surface area contributed by atoms with Gasteiger partial charge in [0.2, 0.25) is 0 Å². The zero-order valence-electron chi connectivity index (χ0n) is 17.5. The lowest BCUT2D eigenvalue weighted by Gasteiger charge is -2.35. The molecule has 0 amide bonds. The Labute approximate surface area is 163 Å². The summed E-state index contributed by atoms with van der Waals surface area (Å²) in [6, 6.07) is 13.5. The van der Waals surface area contributed by atoms with Crippen molar-refractivity contribution < 1.29 is 0 Å². The number of benzene rings is 2. The van der Waals surface area contributed by atoms with Gasteiger partial charge in [-0.25, -0.2) is 0 Å². The summed E-state index contributed by atoms with van der Waals surface area (Å²) in [6.07, 6.45) is 10.2. The van der Waals surface area contributed by atoms with Gasteiger partial charge in [-0.15, -0.1) is 0 Å². The smallest absolute Gasteiger partial charge is 0.00698 e. The summed E-state index contributed by atoms with van der Waals surface area (Å²) >= 11 is 0. The van der Waals surface area contributed by atoms with Crippen LogP contribution in [0.5, 0.6) is 0 Å². The highest BCUT2D eigenvalue weighted by Gasteiger charge is 2.30. The molecule has 2 aromatic carbocycles. The lowest BCUT2D eigenvalue weighted by molar-refractivity contribution is 0.436. The van der Waals surface area contributed by atoms with Crippen LogP contribution in [0.15, 0.2) is 54.6 Å². The Balaban J connectivity index is 2.23. The van der Waals surface area contributed by atoms with Crippen molar-refractivity contribution in [1.29, 1.82) is 0 Å². The van der Waals surface area contributed by atoms with Crippen LogP contribution in [0, 0.1) is 21.3 Å². The van der Waals surface area contributed by atoms with Gasteiger partial charge in [0.05, 0.1) is 0 Å². The molecule has 0 nitrogen and oxygen atoms in total. The average Bonchev–Trinajstić information content (AvgIpc) is 3.19. The number of allylic oxidation sites excluding steroid dienone is 4. The van der Waals surface area contributed by atoms with Crippen molar-refractivity contribution in [3.63, 3.8) is 0 Å². The van der Waals surface area contributed by atoms with Crippen molar-refractivity contribution in [3.8, 4) is 0 Å². The van der Waals surface area contributed by atoms with Crippen LogP contribution in [-0.2, 0) is 0 Å². The predicted molar refractivity (Wildman–Crippen MR) is 117 cm³/mol. The third-order valence-corrected chi connectivity index (χ3v) is 5.66. The summed E-state index contributed by atoms with van der Waals surface area (Å²) in [5.74, 6) is 0. The second kappa shape index (κ2) is 6.09. The predicted octanol–water partition coefficient (Wildman–Crippen LogP) is 5.70. The summed E-state index contributed by atoms with van der Waals surface area (Å²) in [5, 5.41) is 5.50. The van der Waals surface area contributed by atoms with E-state index in [2.05, 4.69) is 102 Å². The van der Waals surface area contributed by atoms with Crippen LogP contribution in [-0.4, -0.2) is 0 Å². The lowest BCUT2D eigenvalue weighted by Crippen LogP contribution is -2.30. The normalized spacial score (nSPS) is 15.3. The summed E-state index contributed by atoms with van der Waals surface area (Å²) < 4.78 is 0. The average molecular weight is 355 g/mol. The van der Waals surface area contributed by atoms with Gasteiger partial charge in [-0.2, -0.15) is 0 Å². The van der Waals surface area contributed by atoms with E-state index in [4.69, 9.17) is 0 Å². The Bertz CT molecular complexity index is 1170. The third kappa shape index (κ3) is 3.02. The molecule has 4 rings (SSSR count). The van der Waals surface area contributed by atoms with E-state index in [9.17, 15) is 0 Å². The highest BCUT2D eigenvalue weighted by Crippen LogP contribution is 2.41. The highest BCUT2D eigenvalue weighted by atomic mass is 14.3. The van der Waals surface area contributed by atoms with Crippen LogP contribution < -0.4 is 10.4 Å². The third-order valence-electron chi connectivity index (χ3n) is 5.66. The fourth-order valence-corrected chi connectivity index (χ4v) is 5.15. The molecule has 0 spiro atoms. The van der Waals surface area contributed by atoms with Crippen molar-refractivity contribution in [2.45, 2.75) is 48.0 Å². The Hall–Kier alpha value is -2.34. The van der Waals surface area contributed by atoms with E-state index in [1.165, 1.54) is 43.1 Å². The number of hydrogen-bond donors (Lipinski definition) is 0. The zero-order chi connectivity index (χ0) is 19.4. The Morgan fingerprint density at radius 3 is 2.15 bits per heavy atom. The Morgan fingerprint density at radius 1 is 0.815 bits per heavy atom. The first-order valence-electron chi connectivity index (χ1n) is 10.0. The van der Waals surface area contributed by atoms with Gasteiger partial charge in [-0.1, -0.05) is 102 Å². The molecule has 0 unspecified atom stereocenters. The van der Waals surface area contributed by atoms with Gasteiger partial charge in [-0.05, 0) is 60.9 Å². The first-order chi connectivity index (χ1) is 12.7. The van der Waals surface area contributed by atoms with Gasteiger partial charge in [0.1, 0.15) is 0 Å². The van der Waals surface area contributed by atoms with Crippen LogP contribution in [0.4, 0.5) is 0 Å². The molecule has 0 aliphatic heterocycles. The minimum Gasteiger partial charge on any atom is -0.0801 e. The van der Waals surface area contributed by atoms with Crippen molar-refractivity contribution >= 4 is 17.2 Å². The summed E-state index contributed by atoms with van der Waals surface area (Å²) in [5.41, 5.74) is 6.03. The van der Waals surface area contributed by atoms with Crippen molar-refractivity contribution in [2.75, 3.05) is 0 Å². The minimum absolute atomic E-state index is 0.110. The van der Waals surface area contributed by atoms with Gasteiger partial charge in [0.25, 0.3) is 0 Å². The van der Waals surface area contributed by atoms with Gasteiger partial charge < -0.3 is 0 Å². The maximum Gasteiger partial charge on any atom is -0.00698 e. The van der Waals surface area contributed by atoms with E-state index in [-0.39, 0.29) is 10.8 Å². The molecule has 0 atom stereocenters. The summed E-state index contributed by atoms with van der Waals surface area (Å²) in [7, 11) is 0. The molecule has 2 aliphatic rings. The lowest BCUT2D eigenvalue weighted by atomic mass is 9.70. The fourth-order valence-electron chi connectivity index (χ4n) is 5.15. The topological polar surface area (TPSA) is 0 Å². The van der Waals surface area contributed by atoms with Gasteiger partial charge >= 0.3 is 0 Å². The molecule has 27 heavy (non-hydrogen) atoms. The second-order valence-electron chi connectivity index (χ2n) is 9.88. The van der Waals surface area contributed by atoms with Crippen LogP contribution in [0.1, 0.15) is 59.1 Å². The molecule has 0 N–H and O–H groups in total. The quantitative estimate of drug-likeness (QED) is 0.526. The molecular formula is C27H30. The van der Waals surface area contributed by atoms with E-state index in [1.54, 1.807) is 0 Å². The largest absolute Gasteiger partial charge is 0.0801 e. The first-order valence-corrected chi connectivity index (χ1v) is 10.0. The first kappa shape index (κ1) is 18.0. The van der Waals surface area contributed by atoms with Crippen molar-refractivity contribution in [3.05, 3.63) is 86.6 Å². The second-order valence-corrected chi connectivity index (χ2v) is 9.88. The van der Waals surface area contributed by atoms with E-state index in [0.29, 0.717) is 0 Å². The maximum atomic E-state index is 2.39. The molecule has 0 saturated heterocycles. The van der Waals surface area contributed by atoms with Gasteiger partial charge in [0, 0.05) is 0 Å². The molecule has 0 heteroatoms. The van der Waals surface area contributed by atoms with Crippen LogP contribution in [0.25, 0.3) is 17.2 Å². The standard InChI is InChI=1S/C27H30/c1-26(2,3)25(27(4,5)6)22-16-15-21-20-14-10-9-13-19(20)17-23(21)24(22)18-11-7-8-12-18/h7-11,13-17H,12H2,1-6H3. The van der Waals surface area contributed by atoms with E-state index >= 15 is 0 Å². The molecule has 0 aromatic heterocycles. The van der Waals surface area contributed by atoms with Crippen LogP contribution >= 0.6 is 0 Å². The number of hydrogen-bond acceptors (Lipinski definition) is 0. The Kier molecular flexibility index (Phi) is 4.07. The van der Waals surface area contributed by atoms with E-state index < -0.39 is 0 Å². The van der Waals surface area contributed by atoms with Gasteiger partial charge in [-0.3, -0.25) is 0 Å².